The van der Waals surface area contributed by atoms with Crippen LogP contribution < -0.4 is 10.2 Å². The average molecular weight is 337 g/mol. The van der Waals surface area contributed by atoms with Crippen LogP contribution in [0.3, 0.4) is 0 Å². The van der Waals surface area contributed by atoms with E-state index in [-0.39, 0.29) is 5.91 Å². The molecule has 4 rings (SSSR count). The number of hydrogen-bond donors (Lipinski definition) is 1. The van der Waals surface area contributed by atoms with Gasteiger partial charge < -0.3 is 10.2 Å². The summed E-state index contributed by atoms with van der Waals surface area (Å²) in [5.74, 6) is 0.643. The fourth-order valence-electron chi connectivity index (χ4n) is 3.05. The molecule has 2 heterocycles. The number of rotatable bonds is 5. The summed E-state index contributed by atoms with van der Waals surface area (Å²) >= 11 is 0. The lowest BCUT2D eigenvalue weighted by molar-refractivity contribution is 0.0950. The highest BCUT2D eigenvalue weighted by atomic mass is 16.1. The number of benzene rings is 1. The number of nitrogens with one attached hydrogen (secondary N) is 1. The lowest BCUT2D eigenvalue weighted by atomic mass is 10.2. The van der Waals surface area contributed by atoms with Crippen molar-refractivity contribution >= 4 is 11.9 Å². The van der Waals surface area contributed by atoms with Crippen molar-refractivity contribution in [1.82, 2.24) is 20.2 Å². The summed E-state index contributed by atoms with van der Waals surface area (Å²) in [5.41, 5.74) is 1.89. The molecule has 25 heavy (non-hydrogen) atoms. The summed E-state index contributed by atoms with van der Waals surface area (Å²) in [6.07, 6.45) is 5.43. The molecule has 2 aliphatic rings. The molecular formula is C19H23N5O. The van der Waals surface area contributed by atoms with Crippen LogP contribution in [0.25, 0.3) is 0 Å². The number of aromatic nitrogens is 2. The first kappa shape index (κ1) is 16.0. The summed E-state index contributed by atoms with van der Waals surface area (Å²) in [5, 5.41) is 2.96. The number of amides is 1. The van der Waals surface area contributed by atoms with E-state index in [0.29, 0.717) is 17.6 Å². The summed E-state index contributed by atoms with van der Waals surface area (Å²) in [7, 11) is 0. The van der Waals surface area contributed by atoms with Gasteiger partial charge in [-0.05, 0) is 18.4 Å². The average Bonchev–Trinajstić information content (AvgIpc) is 3.47. The van der Waals surface area contributed by atoms with E-state index in [1.165, 1.54) is 5.56 Å². The first-order valence-electron chi connectivity index (χ1n) is 8.92. The smallest absolute Gasteiger partial charge is 0.254 e. The van der Waals surface area contributed by atoms with Gasteiger partial charge in [0.25, 0.3) is 5.91 Å². The third-order valence-electron chi connectivity index (χ3n) is 4.72. The van der Waals surface area contributed by atoms with Crippen LogP contribution in [-0.4, -0.2) is 53.0 Å². The Morgan fingerprint density at radius 2 is 1.72 bits per heavy atom. The molecule has 1 aliphatic carbocycles. The van der Waals surface area contributed by atoms with E-state index in [1.807, 2.05) is 6.07 Å². The highest BCUT2D eigenvalue weighted by Crippen LogP contribution is 2.19. The van der Waals surface area contributed by atoms with E-state index in [4.69, 9.17) is 0 Å². The molecule has 0 atom stereocenters. The lowest BCUT2D eigenvalue weighted by Crippen LogP contribution is -2.46. The van der Waals surface area contributed by atoms with Crippen molar-refractivity contribution < 1.29 is 4.79 Å². The first-order valence-corrected chi connectivity index (χ1v) is 8.92. The van der Waals surface area contributed by atoms with Crippen LogP contribution in [0.5, 0.6) is 0 Å². The second kappa shape index (κ2) is 7.19. The maximum Gasteiger partial charge on any atom is 0.254 e. The SMILES string of the molecule is O=C(NC1CC1)c1cnc(N2CCN(Cc3ccccc3)CC2)nc1. The van der Waals surface area contributed by atoms with Gasteiger partial charge in [-0.2, -0.15) is 0 Å². The maximum atomic E-state index is 12.0. The fraction of sp³-hybridized carbons (Fsp3) is 0.421. The highest BCUT2D eigenvalue weighted by Gasteiger charge is 2.24. The molecule has 0 bridgehead atoms. The van der Waals surface area contributed by atoms with Gasteiger partial charge in [0.15, 0.2) is 0 Å². The Bertz CT molecular complexity index is 706. The Kier molecular flexibility index (Phi) is 4.61. The molecule has 1 saturated heterocycles. The molecule has 130 valence electrons. The molecule has 6 nitrogen and oxygen atoms in total. The van der Waals surface area contributed by atoms with Crippen molar-refractivity contribution in [2.24, 2.45) is 0 Å². The van der Waals surface area contributed by atoms with Gasteiger partial charge in [-0.15, -0.1) is 0 Å². The molecule has 1 saturated carbocycles. The van der Waals surface area contributed by atoms with Crippen LogP contribution in [0.4, 0.5) is 5.95 Å². The van der Waals surface area contributed by atoms with Crippen LogP contribution in [0.2, 0.25) is 0 Å². The maximum absolute atomic E-state index is 12.0. The molecule has 1 amide bonds. The van der Waals surface area contributed by atoms with E-state index < -0.39 is 0 Å². The third-order valence-corrected chi connectivity index (χ3v) is 4.72. The number of carbonyl (C=O) groups excluding carboxylic acids is 1. The first-order chi connectivity index (χ1) is 12.3. The fourth-order valence-corrected chi connectivity index (χ4v) is 3.05. The molecule has 1 N–H and O–H groups in total. The van der Waals surface area contributed by atoms with Gasteiger partial charge in [-0.25, -0.2) is 9.97 Å². The van der Waals surface area contributed by atoms with Crippen molar-refractivity contribution in [1.29, 1.82) is 0 Å². The second-order valence-corrected chi connectivity index (χ2v) is 6.77. The molecule has 0 radical (unpaired) electrons. The molecule has 1 aromatic heterocycles. The van der Waals surface area contributed by atoms with E-state index >= 15 is 0 Å². The van der Waals surface area contributed by atoms with E-state index in [2.05, 4.69) is 49.4 Å². The number of carbonyl (C=O) groups is 1. The van der Waals surface area contributed by atoms with Gasteiger partial charge in [-0.1, -0.05) is 30.3 Å². The minimum absolute atomic E-state index is 0.0678. The predicted octanol–water partition coefficient (Wildman–Crippen LogP) is 1.69. The predicted molar refractivity (Wildman–Crippen MR) is 96.5 cm³/mol. The Morgan fingerprint density at radius 3 is 2.36 bits per heavy atom. The molecule has 0 unspecified atom stereocenters. The van der Waals surface area contributed by atoms with Crippen LogP contribution in [-0.2, 0) is 6.54 Å². The van der Waals surface area contributed by atoms with Crippen LogP contribution in [0, 0.1) is 0 Å². The third kappa shape index (κ3) is 4.14. The Hall–Kier alpha value is -2.47. The number of piperazine rings is 1. The molecule has 1 aromatic carbocycles. The number of hydrogen-bond acceptors (Lipinski definition) is 5. The minimum atomic E-state index is -0.0678. The summed E-state index contributed by atoms with van der Waals surface area (Å²) < 4.78 is 0. The van der Waals surface area contributed by atoms with Crippen LogP contribution in [0.1, 0.15) is 28.8 Å². The van der Waals surface area contributed by atoms with E-state index in [1.54, 1.807) is 12.4 Å². The zero-order valence-corrected chi connectivity index (χ0v) is 14.3. The van der Waals surface area contributed by atoms with Crippen molar-refractivity contribution in [2.45, 2.75) is 25.4 Å². The highest BCUT2D eigenvalue weighted by molar-refractivity contribution is 5.94. The Morgan fingerprint density at radius 1 is 1.04 bits per heavy atom. The molecule has 1 aliphatic heterocycles. The summed E-state index contributed by atoms with van der Waals surface area (Å²) in [6, 6.07) is 10.9. The van der Waals surface area contributed by atoms with Gasteiger partial charge in [0, 0.05) is 51.2 Å². The minimum Gasteiger partial charge on any atom is -0.349 e. The second-order valence-electron chi connectivity index (χ2n) is 6.77. The van der Waals surface area contributed by atoms with Crippen LogP contribution in [0.15, 0.2) is 42.7 Å². The van der Waals surface area contributed by atoms with Crippen LogP contribution >= 0.6 is 0 Å². The van der Waals surface area contributed by atoms with Crippen molar-refractivity contribution in [3.05, 3.63) is 53.9 Å². The zero-order valence-electron chi connectivity index (χ0n) is 14.3. The number of anilines is 1. The summed E-state index contributed by atoms with van der Waals surface area (Å²) in [4.78, 5) is 25.4. The molecule has 6 heteroatoms. The Labute approximate surface area is 147 Å². The largest absolute Gasteiger partial charge is 0.349 e. The Balaban J connectivity index is 1.30. The van der Waals surface area contributed by atoms with E-state index in [0.717, 1.165) is 45.6 Å². The van der Waals surface area contributed by atoms with Crippen molar-refractivity contribution in [2.75, 3.05) is 31.1 Å². The zero-order chi connectivity index (χ0) is 17.1. The summed E-state index contributed by atoms with van der Waals surface area (Å²) in [6.45, 7) is 4.76. The van der Waals surface area contributed by atoms with Gasteiger partial charge in [0.1, 0.15) is 0 Å². The normalized spacial score (nSPS) is 18.2. The van der Waals surface area contributed by atoms with Gasteiger partial charge in [0.05, 0.1) is 5.56 Å². The topological polar surface area (TPSA) is 61.4 Å². The molecule has 2 aromatic rings. The monoisotopic (exact) mass is 337 g/mol. The van der Waals surface area contributed by atoms with E-state index in [9.17, 15) is 4.79 Å². The number of nitrogens with zero attached hydrogens (tertiary/aromatic N) is 4. The van der Waals surface area contributed by atoms with Gasteiger partial charge in [0.2, 0.25) is 5.95 Å². The van der Waals surface area contributed by atoms with Gasteiger partial charge >= 0.3 is 0 Å². The molecule has 0 spiro atoms. The van der Waals surface area contributed by atoms with Gasteiger partial charge in [-0.3, -0.25) is 9.69 Å². The van der Waals surface area contributed by atoms with Crippen molar-refractivity contribution in [3.8, 4) is 0 Å². The quantitative estimate of drug-likeness (QED) is 0.900. The standard InChI is InChI=1S/C19H23N5O/c25-18(22-17-6-7-17)16-12-20-19(21-13-16)24-10-8-23(9-11-24)14-15-4-2-1-3-5-15/h1-5,12-13,17H,6-11,14H2,(H,22,25). The lowest BCUT2D eigenvalue weighted by Gasteiger charge is -2.34. The van der Waals surface area contributed by atoms with Crippen molar-refractivity contribution in [3.63, 3.8) is 0 Å². The molecule has 2 fully saturated rings. The molecular weight excluding hydrogens is 314 g/mol.